The van der Waals surface area contributed by atoms with Gasteiger partial charge in [0, 0.05) is 29.0 Å². The summed E-state index contributed by atoms with van der Waals surface area (Å²) in [5.74, 6) is -0.0674. The first kappa shape index (κ1) is 21.6. The van der Waals surface area contributed by atoms with Gasteiger partial charge in [0.15, 0.2) is 0 Å². The van der Waals surface area contributed by atoms with E-state index in [0.29, 0.717) is 34.8 Å². The van der Waals surface area contributed by atoms with Gasteiger partial charge in [-0.3, -0.25) is 14.4 Å². The molecule has 160 valence electrons. The summed E-state index contributed by atoms with van der Waals surface area (Å²) < 4.78 is 5.19. The lowest BCUT2D eigenvalue weighted by Gasteiger charge is -2.10. The van der Waals surface area contributed by atoms with Crippen molar-refractivity contribution in [2.24, 2.45) is 0 Å². The fourth-order valence-corrected chi connectivity index (χ4v) is 2.84. The summed E-state index contributed by atoms with van der Waals surface area (Å²) in [7, 11) is 0. The zero-order valence-electron chi connectivity index (χ0n) is 17.1. The number of hydrogen-bond acceptors (Lipinski definition) is 5. The lowest BCUT2D eigenvalue weighted by atomic mass is 10.2. The average molecular weight is 420 g/mol. The van der Waals surface area contributed by atoms with Crippen molar-refractivity contribution in [3.8, 4) is 0 Å². The summed E-state index contributed by atoms with van der Waals surface area (Å²) in [6.45, 7) is 2.68. The molecule has 0 fully saturated rings. The number of hydrogen-bond donors (Lipinski definition) is 4. The molecule has 0 unspecified atom stereocenters. The van der Waals surface area contributed by atoms with E-state index in [9.17, 15) is 14.4 Å². The lowest BCUT2D eigenvalue weighted by Crippen LogP contribution is -2.24. The molecular formula is C23H24N4O4. The van der Waals surface area contributed by atoms with Crippen LogP contribution in [0.15, 0.2) is 71.3 Å². The molecule has 0 aliphatic rings. The highest BCUT2D eigenvalue weighted by Crippen LogP contribution is 2.13. The molecule has 0 aliphatic heterocycles. The first-order valence-electron chi connectivity index (χ1n) is 9.88. The Kier molecular flexibility index (Phi) is 7.42. The minimum atomic E-state index is -0.281. The molecule has 0 atom stereocenters. The van der Waals surface area contributed by atoms with E-state index >= 15 is 0 Å². The van der Waals surface area contributed by atoms with E-state index in [1.54, 1.807) is 66.9 Å². The highest BCUT2D eigenvalue weighted by Gasteiger charge is 2.09. The molecule has 3 rings (SSSR count). The second kappa shape index (κ2) is 10.6. The van der Waals surface area contributed by atoms with Crippen LogP contribution >= 0.6 is 0 Å². The summed E-state index contributed by atoms with van der Waals surface area (Å²) in [6.07, 6.45) is 1.54. The van der Waals surface area contributed by atoms with Crippen LogP contribution in [0.25, 0.3) is 0 Å². The fraction of sp³-hybridized carbons (Fsp3) is 0.174. The van der Waals surface area contributed by atoms with Gasteiger partial charge < -0.3 is 25.7 Å². The van der Waals surface area contributed by atoms with Crippen LogP contribution < -0.4 is 21.3 Å². The van der Waals surface area contributed by atoms with Gasteiger partial charge in [0.25, 0.3) is 11.8 Å². The first-order chi connectivity index (χ1) is 15.0. The summed E-state index contributed by atoms with van der Waals surface area (Å²) in [4.78, 5) is 36.5. The third-order valence-corrected chi connectivity index (χ3v) is 4.33. The quantitative estimate of drug-likeness (QED) is 0.425. The second-order valence-electron chi connectivity index (χ2n) is 6.68. The van der Waals surface area contributed by atoms with Crippen molar-refractivity contribution in [3.63, 3.8) is 0 Å². The number of nitrogens with one attached hydrogen (secondary N) is 4. The summed E-state index contributed by atoms with van der Waals surface area (Å²) >= 11 is 0. The molecule has 4 N–H and O–H groups in total. The smallest absolute Gasteiger partial charge is 0.251 e. The van der Waals surface area contributed by atoms with Gasteiger partial charge in [-0.05, 0) is 55.5 Å². The van der Waals surface area contributed by atoms with Gasteiger partial charge in [0.05, 0.1) is 19.4 Å². The zero-order chi connectivity index (χ0) is 22.1. The molecule has 8 heteroatoms. The molecule has 3 amide bonds. The van der Waals surface area contributed by atoms with Crippen molar-refractivity contribution in [1.82, 2.24) is 10.6 Å². The predicted octanol–water partition coefficient (Wildman–Crippen LogP) is 3.01. The molecule has 8 nitrogen and oxygen atoms in total. The monoisotopic (exact) mass is 420 g/mol. The Morgan fingerprint density at radius 1 is 0.839 bits per heavy atom. The predicted molar refractivity (Wildman–Crippen MR) is 118 cm³/mol. The summed E-state index contributed by atoms with van der Waals surface area (Å²) in [5, 5.41) is 11.2. The maximum atomic E-state index is 12.3. The zero-order valence-corrected chi connectivity index (χ0v) is 17.1. The Bertz CT molecular complexity index is 1050. The normalized spacial score (nSPS) is 10.2. The standard InChI is InChI=1S/C23H24N4O4/c1-2-24-22(29)16-6-3-8-18(12-16)25-15-21(28)27-19-9-4-7-17(13-19)23(30)26-14-20-10-5-11-31-20/h3-13,25H,2,14-15H2,1H3,(H,24,29)(H,26,30)(H,27,28). The topological polar surface area (TPSA) is 112 Å². The van der Waals surface area contributed by atoms with Gasteiger partial charge in [-0.1, -0.05) is 12.1 Å². The number of amides is 3. The van der Waals surface area contributed by atoms with Crippen molar-refractivity contribution >= 4 is 29.1 Å². The molecule has 0 saturated carbocycles. The van der Waals surface area contributed by atoms with Crippen LogP contribution in [-0.2, 0) is 11.3 Å². The molecule has 31 heavy (non-hydrogen) atoms. The van der Waals surface area contributed by atoms with E-state index in [0.717, 1.165) is 0 Å². The van der Waals surface area contributed by atoms with Crippen molar-refractivity contribution < 1.29 is 18.8 Å². The van der Waals surface area contributed by atoms with E-state index in [2.05, 4.69) is 21.3 Å². The van der Waals surface area contributed by atoms with E-state index in [1.165, 1.54) is 0 Å². The molecule has 0 saturated heterocycles. The van der Waals surface area contributed by atoms with Crippen molar-refractivity contribution in [1.29, 1.82) is 0 Å². The summed E-state index contributed by atoms with van der Waals surface area (Å²) in [5.41, 5.74) is 2.10. The van der Waals surface area contributed by atoms with Crippen molar-refractivity contribution in [3.05, 3.63) is 83.8 Å². The van der Waals surface area contributed by atoms with Gasteiger partial charge in [-0.2, -0.15) is 0 Å². The van der Waals surface area contributed by atoms with E-state index in [4.69, 9.17) is 4.42 Å². The summed E-state index contributed by atoms with van der Waals surface area (Å²) in [6, 6.07) is 17.1. The number of rotatable bonds is 9. The molecule has 0 spiro atoms. The Labute approximate surface area is 180 Å². The SMILES string of the molecule is CCNC(=O)c1cccc(NCC(=O)Nc2cccc(C(=O)NCc3ccco3)c2)c1. The van der Waals surface area contributed by atoms with Gasteiger partial charge in [0.2, 0.25) is 5.91 Å². The molecule has 0 aliphatic carbocycles. The van der Waals surface area contributed by atoms with Crippen LogP contribution in [0.3, 0.4) is 0 Å². The van der Waals surface area contributed by atoms with Crippen LogP contribution in [0, 0.1) is 0 Å². The Morgan fingerprint density at radius 2 is 1.52 bits per heavy atom. The molecule has 3 aromatic rings. The van der Waals surface area contributed by atoms with Crippen molar-refractivity contribution in [2.45, 2.75) is 13.5 Å². The number of furan rings is 1. The first-order valence-corrected chi connectivity index (χ1v) is 9.88. The van der Waals surface area contributed by atoms with Gasteiger partial charge in [-0.25, -0.2) is 0 Å². The van der Waals surface area contributed by atoms with Crippen LogP contribution in [0.2, 0.25) is 0 Å². The van der Waals surface area contributed by atoms with Gasteiger partial charge in [-0.15, -0.1) is 0 Å². The maximum absolute atomic E-state index is 12.3. The maximum Gasteiger partial charge on any atom is 0.251 e. The fourth-order valence-electron chi connectivity index (χ4n) is 2.84. The number of carbonyl (C=O) groups is 3. The van der Waals surface area contributed by atoms with E-state index in [-0.39, 0.29) is 30.8 Å². The molecule has 2 aromatic carbocycles. The van der Waals surface area contributed by atoms with Crippen LogP contribution in [0.1, 0.15) is 33.4 Å². The average Bonchev–Trinajstić information content (AvgIpc) is 3.30. The molecule has 1 aromatic heterocycles. The molecule has 0 radical (unpaired) electrons. The minimum absolute atomic E-state index is 0.00771. The lowest BCUT2D eigenvalue weighted by molar-refractivity contribution is -0.114. The number of benzene rings is 2. The van der Waals surface area contributed by atoms with E-state index in [1.807, 2.05) is 6.92 Å². The van der Waals surface area contributed by atoms with Crippen molar-refractivity contribution in [2.75, 3.05) is 23.7 Å². The van der Waals surface area contributed by atoms with Gasteiger partial charge >= 0.3 is 0 Å². The number of carbonyl (C=O) groups excluding carboxylic acids is 3. The Morgan fingerprint density at radius 3 is 2.19 bits per heavy atom. The van der Waals surface area contributed by atoms with Crippen LogP contribution in [-0.4, -0.2) is 30.8 Å². The molecular weight excluding hydrogens is 396 g/mol. The number of anilines is 2. The highest BCUT2D eigenvalue weighted by atomic mass is 16.3. The minimum Gasteiger partial charge on any atom is -0.467 e. The third kappa shape index (κ3) is 6.46. The second-order valence-corrected chi connectivity index (χ2v) is 6.68. The Balaban J connectivity index is 1.52. The highest BCUT2D eigenvalue weighted by molar-refractivity contribution is 5.98. The third-order valence-electron chi connectivity index (χ3n) is 4.33. The van der Waals surface area contributed by atoms with Gasteiger partial charge in [0.1, 0.15) is 5.76 Å². The largest absolute Gasteiger partial charge is 0.467 e. The molecule has 1 heterocycles. The Hall–Kier alpha value is -4.07. The molecule has 0 bridgehead atoms. The van der Waals surface area contributed by atoms with Crippen LogP contribution in [0.5, 0.6) is 0 Å². The van der Waals surface area contributed by atoms with Crippen LogP contribution in [0.4, 0.5) is 11.4 Å². The van der Waals surface area contributed by atoms with E-state index < -0.39 is 0 Å².